The van der Waals surface area contributed by atoms with Crippen molar-refractivity contribution < 1.29 is 19.1 Å². The van der Waals surface area contributed by atoms with E-state index in [1.807, 2.05) is 19.9 Å². The first kappa shape index (κ1) is 15.8. The van der Waals surface area contributed by atoms with Crippen molar-refractivity contribution in [3.05, 3.63) is 23.3 Å². The molecule has 0 aromatic carbocycles. The van der Waals surface area contributed by atoms with Crippen LogP contribution in [0.4, 0.5) is 0 Å². The number of esters is 2. The van der Waals surface area contributed by atoms with Crippen LogP contribution in [0, 0.1) is 11.8 Å². The number of allylic oxidation sites excluding steroid dienone is 1. The zero-order valence-corrected chi connectivity index (χ0v) is 13.2. The van der Waals surface area contributed by atoms with Crippen molar-refractivity contribution in [2.24, 2.45) is 11.8 Å². The predicted octanol–water partition coefficient (Wildman–Crippen LogP) is 3.17. The normalized spacial score (nSPS) is 38.4. The maximum atomic E-state index is 11.8. The number of hydrogen-bond acceptors (Lipinski definition) is 4. The van der Waals surface area contributed by atoms with Gasteiger partial charge < -0.3 is 9.47 Å². The van der Waals surface area contributed by atoms with E-state index in [4.69, 9.17) is 9.47 Å². The summed E-state index contributed by atoms with van der Waals surface area (Å²) in [5.41, 5.74) is 2.22. The Hall–Kier alpha value is -1.58. The third-order valence-corrected chi connectivity index (χ3v) is 4.48. The molecule has 0 N–H and O–H groups in total. The molecule has 0 spiro atoms. The lowest BCUT2D eigenvalue weighted by atomic mass is 9.84. The quantitative estimate of drug-likeness (QED) is 0.550. The lowest BCUT2D eigenvalue weighted by Crippen LogP contribution is -2.23. The van der Waals surface area contributed by atoms with Gasteiger partial charge in [0.1, 0.15) is 12.2 Å². The van der Waals surface area contributed by atoms with Gasteiger partial charge in [0.05, 0.1) is 5.92 Å². The van der Waals surface area contributed by atoms with Gasteiger partial charge in [0.15, 0.2) is 0 Å². The molecule has 1 heterocycles. The smallest absolute Gasteiger partial charge is 0.309 e. The molecule has 0 saturated carbocycles. The maximum absolute atomic E-state index is 11.8. The molecule has 2 aliphatic rings. The molecule has 1 fully saturated rings. The minimum atomic E-state index is -0.288. The highest BCUT2D eigenvalue weighted by Gasteiger charge is 2.40. The van der Waals surface area contributed by atoms with Crippen molar-refractivity contribution in [1.82, 2.24) is 0 Å². The van der Waals surface area contributed by atoms with E-state index in [9.17, 15) is 9.59 Å². The van der Waals surface area contributed by atoms with Crippen LogP contribution in [-0.2, 0) is 19.1 Å². The molecule has 116 valence electrons. The largest absolute Gasteiger partial charge is 0.458 e. The van der Waals surface area contributed by atoms with E-state index >= 15 is 0 Å². The number of ether oxygens (including phenoxy) is 2. The predicted molar refractivity (Wildman–Crippen MR) is 79.5 cm³/mol. The third kappa shape index (κ3) is 3.74. The topological polar surface area (TPSA) is 52.6 Å². The third-order valence-electron chi connectivity index (χ3n) is 4.48. The van der Waals surface area contributed by atoms with E-state index in [-0.39, 0.29) is 36.0 Å². The zero-order chi connectivity index (χ0) is 15.6. The van der Waals surface area contributed by atoms with Gasteiger partial charge in [0.25, 0.3) is 0 Å². The van der Waals surface area contributed by atoms with Crippen LogP contribution >= 0.6 is 0 Å². The fourth-order valence-electron chi connectivity index (χ4n) is 3.06. The van der Waals surface area contributed by atoms with Gasteiger partial charge in [-0.15, -0.1) is 0 Å². The van der Waals surface area contributed by atoms with E-state index in [2.05, 4.69) is 13.0 Å². The number of hydrogen-bond donors (Lipinski definition) is 0. The molecular weight excluding hydrogens is 268 g/mol. The molecule has 0 unspecified atom stereocenters. The summed E-state index contributed by atoms with van der Waals surface area (Å²) in [6, 6.07) is 0. The van der Waals surface area contributed by atoms with E-state index in [0.29, 0.717) is 6.42 Å². The van der Waals surface area contributed by atoms with Crippen molar-refractivity contribution in [2.45, 2.75) is 59.2 Å². The van der Waals surface area contributed by atoms with Crippen LogP contribution in [0.5, 0.6) is 0 Å². The summed E-state index contributed by atoms with van der Waals surface area (Å²) in [5.74, 6) is -0.284. The molecule has 0 bridgehead atoms. The van der Waals surface area contributed by atoms with Gasteiger partial charge in [0.2, 0.25) is 0 Å². The summed E-state index contributed by atoms with van der Waals surface area (Å²) in [7, 11) is 0. The first-order valence-electron chi connectivity index (χ1n) is 7.60. The van der Waals surface area contributed by atoms with Crippen LogP contribution in [0.15, 0.2) is 23.3 Å². The van der Waals surface area contributed by atoms with Crippen molar-refractivity contribution in [3.8, 4) is 0 Å². The molecular formula is C17H24O4. The Morgan fingerprint density at radius 2 is 2.10 bits per heavy atom. The van der Waals surface area contributed by atoms with Gasteiger partial charge in [-0.05, 0) is 38.3 Å². The molecule has 1 aliphatic carbocycles. The SMILES string of the molecule is CC(=O)O[C@H]1C/C=C(\C)CC[C@@H]2[C@@H](/C=C\1C)OC(=O)[C@@H]2C. The Labute approximate surface area is 126 Å². The van der Waals surface area contributed by atoms with Gasteiger partial charge in [-0.2, -0.15) is 0 Å². The van der Waals surface area contributed by atoms with Gasteiger partial charge in [-0.25, -0.2) is 0 Å². The van der Waals surface area contributed by atoms with Crippen LogP contribution in [-0.4, -0.2) is 24.1 Å². The van der Waals surface area contributed by atoms with E-state index in [0.717, 1.165) is 18.4 Å². The summed E-state index contributed by atoms with van der Waals surface area (Å²) in [6.45, 7) is 7.38. The summed E-state index contributed by atoms with van der Waals surface area (Å²) in [5, 5.41) is 0. The van der Waals surface area contributed by atoms with Gasteiger partial charge in [-0.3, -0.25) is 9.59 Å². The second kappa shape index (κ2) is 6.46. The fraction of sp³-hybridized carbons (Fsp3) is 0.647. The van der Waals surface area contributed by atoms with Gasteiger partial charge in [-0.1, -0.05) is 18.6 Å². The Kier molecular flexibility index (Phi) is 4.86. The van der Waals surface area contributed by atoms with Crippen molar-refractivity contribution >= 4 is 11.9 Å². The van der Waals surface area contributed by atoms with Gasteiger partial charge in [0, 0.05) is 19.3 Å². The molecule has 0 aromatic rings. The fourth-order valence-corrected chi connectivity index (χ4v) is 3.06. The van der Waals surface area contributed by atoms with Crippen molar-refractivity contribution in [2.75, 3.05) is 0 Å². The molecule has 1 aliphatic heterocycles. The molecule has 0 radical (unpaired) electrons. The Morgan fingerprint density at radius 3 is 2.76 bits per heavy atom. The second-order valence-corrected chi connectivity index (χ2v) is 6.19. The monoisotopic (exact) mass is 292 g/mol. The summed E-state index contributed by atoms with van der Waals surface area (Å²) >= 11 is 0. The minimum absolute atomic E-state index is 0.0709. The van der Waals surface area contributed by atoms with E-state index in [1.165, 1.54) is 12.5 Å². The Balaban J connectivity index is 2.28. The average molecular weight is 292 g/mol. The molecule has 21 heavy (non-hydrogen) atoms. The number of rotatable bonds is 1. The van der Waals surface area contributed by atoms with Crippen molar-refractivity contribution in [1.29, 1.82) is 0 Å². The highest BCUT2D eigenvalue weighted by atomic mass is 16.6. The molecule has 1 saturated heterocycles. The zero-order valence-electron chi connectivity index (χ0n) is 13.2. The van der Waals surface area contributed by atoms with Crippen LogP contribution in [0.1, 0.15) is 47.0 Å². The molecule has 0 amide bonds. The van der Waals surface area contributed by atoms with E-state index in [1.54, 1.807) is 0 Å². The Bertz CT molecular complexity index is 489. The summed E-state index contributed by atoms with van der Waals surface area (Å²) in [6.07, 6.45) is 6.20. The Morgan fingerprint density at radius 1 is 1.38 bits per heavy atom. The van der Waals surface area contributed by atoms with Crippen molar-refractivity contribution in [3.63, 3.8) is 0 Å². The number of fused-ring (bicyclic) bond motifs is 1. The molecule has 4 nitrogen and oxygen atoms in total. The second-order valence-electron chi connectivity index (χ2n) is 6.19. The molecule has 0 aromatic heterocycles. The van der Waals surface area contributed by atoms with Crippen LogP contribution in [0.3, 0.4) is 0 Å². The minimum Gasteiger partial charge on any atom is -0.458 e. The number of carbonyl (C=O) groups is 2. The maximum Gasteiger partial charge on any atom is 0.309 e. The van der Waals surface area contributed by atoms with Crippen LogP contribution in [0.2, 0.25) is 0 Å². The molecule has 2 rings (SSSR count). The first-order valence-corrected chi connectivity index (χ1v) is 7.60. The summed E-state index contributed by atoms with van der Waals surface area (Å²) < 4.78 is 10.9. The van der Waals surface area contributed by atoms with Crippen LogP contribution < -0.4 is 0 Å². The molecule has 4 heteroatoms. The number of carbonyl (C=O) groups excluding carboxylic acids is 2. The standard InChI is InChI=1S/C17H24O4/c1-10-5-7-14-12(3)17(19)21-16(14)9-11(2)15(8-6-10)20-13(4)18/h6,9,12,14-16H,5,7-8H2,1-4H3/b10-6+,11-9-/t12-,14+,15+,16-/m1/s1. The first-order chi connectivity index (χ1) is 9.88. The van der Waals surface area contributed by atoms with E-state index < -0.39 is 0 Å². The lowest BCUT2D eigenvalue weighted by molar-refractivity contribution is -0.145. The molecule has 4 atom stereocenters. The average Bonchev–Trinajstić information content (AvgIpc) is 2.66. The highest BCUT2D eigenvalue weighted by Crippen LogP contribution is 2.35. The highest BCUT2D eigenvalue weighted by molar-refractivity contribution is 5.75. The van der Waals surface area contributed by atoms with Gasteiger partial charge >= 0.3 is 11.9 Å². The lowest BCUT2D eigenvalue weighted by Gasteiger charge is -2.23. The van der Waals surface area contributed by atoms with Crippen LogP contribution in [0.25, 0.3) is 0 Å². The summed E-state index contributed by atoms with van der Waals surface area (Å²) in [4.78, 5) is 23.1.